The lowest BCUT2D eigenvalue weighted by Gasteiger charge is -2.11. The van der Waals surface area contributed by atoms with Gasteiger partial charge in [0.05, 0.1) is 23.9 Å². The highest BCUT2D eigenvalue weighted by Gasteiger charge is 2.21. The van der Waals surface area contributed by atoms with E-state index in [1.807, 2.05) is 6.07 Å². The van der Waals surface area contributed by atoms with Crippen LogP contribution in [0.2, 0.25) is 0 Å². The highest BCUT2D eigenvalue weighted by atomic mass is 16.5. The molecule has 0 unspecified atom stereocenters. The van der Waals surface area contributed by atoms with Gasteiger partial charge in [0, 0.05) is 30.0 Å². The lowest BCUT2D eigenvalue weighted by atomic mass is 10.2. The van der Waals surface area contributed by atoms with E-state index in [4.69, 9.17) is 10.5 Å². The van der Waals surface area contributed by atoms with E-state index in [1.54, 1.807) is 42.6 Å². The van der Waals surface area contributed by atoms with Gasteiger partial charge in [-0.2, -0.15) is 5.26 Å². The molecule has 1 aromatic carbocycles. The smallest absolute Gasteiger partial charge is 0.357 e. The number of nitrogens with zero attached hydrogens (tertiary/aromatic N) is 3. The second-order valence-corrected chi connectivity index (χ2v) is 5.52. The minimum atomic E-state index is -0.668. The molecular formula is C19H15N5O3. The number of esters is 1. The number of ether oxygens (including phenoxy) is 1. The molecule has 134 valence electrons. The maximum atomic E-state index is 12.3. The second-order valence-electron chi connectivity index (χ2n) is 5.52. The first-order valence-corrected chi connectivity index (χ1v) is 7.86. The highest BCUT2D eigenvalue weighted by Crippen LogP contribution is 2.26. The maximum absolute atomic E-state index is 12.3. The Morgan fingerprint density at radius 2 is 2.11 bits per heavy atom. The summed E-state index contributed by atoms with van der Waals surface area (Å²) >= 11 is 0. The van der Waals surface area contributed by atoms with Crippen LogP contribution in [0.1, 0.15) is 26.4 Å². The Hall–Kier alpha value is -4.12. The van der Waals surface area contributed by atoms with Crippen molar-refractivity contribution in [3.8, 4) is 11.8 Å². The molecule has 0 saturated carbocycles. The molecule has 3 aromatic rings. The monoisotopic (exact) mass is 361 g/mol. The van der Waals surface area contributed by atoms with Crippen LogP contribution in [0, 0.1) is 11.3 Å². The largest absolute Gasteiger partial charge is 0.464 e. The van der Waals surface area contributed by atoms with E-state index in [-0.39, 0.29) is 22.9 Å². The van der Waals surface area contributed by atoms with Crippen molar-refractivity contribution in [1.29, 1.82) is 5.26 Å². The Morgan fingerprint density at radius 3 is 2.78 bits per heavy atom. The van der Waals surface area contributed by atoms with Crippen molar-refractivity contribution in [2.45, 2.75) is 0 Å². The first kappa shape index (κ1) is 17.7. The van der Waals surface area contributed by atoms with Gasteiger partial charge in [-0.25, -0.2) is 4.79 Å². The third kappa shape index (κ3) is 3.48. The molecule has 0 aliphatic heterocycles. The molecule has 3 N–H and O–H groups in total. The third-order valence-corrected chi connectivity index (χ3v) is 3.85. The van der Waals surface area contributed by atoms with Crippen LogP contribution in [0.25, 0.3) is 5.69 Å². The molecule has 1 amide bonds. The van der Waals surface area contributed by atoms with Gasteiger partial charge < -0.3 is 20.4 Å². The quantitative estimate of drug-likeness (QED) is 0.688. The minimum absolute atomic E-state index is 0.0362. The van der Waals surface area contributed by atoms with E-state index in [9.17, 15) is 14.9 Å². The summed E-state index contributed by atoms with van der Waals surface area (Å²) < 4.78 is 6.22. The molecule has 0 aliphatic carbocycles. The summed E-state index contributed by atoms with van der Waals surface area (Å²) in [5.74, 6) is -0.989. The number of amides is 1. The topological polar surface area (TPSA) is 123 Å². The number of methoxy groups -OCH3 is 1. The third-order valence-electron chi connectivity index (χ3n) is 3.85. The van der Waals surface area contributed by atoms with Gasteiger partial charge in [0.15, 0.2) is 5.69 Å². The average Bonchev–Trinajstić information content (AvgIpc) is 3.04. The number of benzene rings is 1. The number of nitrogens with two attached hydrogens (primary N) is 1. The fraction of sp³-hybridized carbons (Fsp3) is 0.0526. The van der Waals surface area contributed by atoms with Gasteiger partial charge >= 0.3 is 5.97 Å². The number of anilines is 2. The molecule has 27 heavy (non-hydrogen) atoms. The molecule has 0 radical (unpaired) electrons. The molecule has 3 rings (SSSR count). The fourth-order valence-corrected chi connectivity index (χ4v) is 2.55. The van der Waals surface area contributed by atoms with E-state index in [0.717, 1.165) is 0 Å². The second kappa shape index (κ2) is 7.41. The van der Waals surface area contributed by atoms with Gasteiger partial charge in [-0.3, -0.25) is 9.78 Å². The van der Waals surface area contributed by atoms with Crippen molar-refractivity contribution < 1.29 is 14.3 Å². The van der Waals surface area contributed by atoms with Crippen LogP contribution in [0.3, 0.4) is 0 Å². The standard InChI is InChI=1S/C19H15N5O3/c1-27-19(26)17-16(21)13(9-20)11-24(17)15-6-2-5-14(8-15)23-18(25)12-4-3-7-22-10-12/h2-8,10-11H,21H2,1H3,(H,23,25). The molecule has 0 atom stereocenters. The van der Waals surface area contributed by atoms with Crippen molar-refractivity contribution >= 4 is 23.3 Å². The predicted molar refractivity (Wildman–Crippen MR) is 98.4 cm³/mol. The Kier molecular flexibility index (Phi) is 4.86. The molecule has 0 fully saturated rings. The molecular weight excluding hydrogens is 346 g/mol. The zero-order valence-corrected chi connectivity index (χ0v) is 14.3. The van der Waals surface area contributed by atoms with E-state index in [0.29, 0.717) is 16.9 Å². The summed E-state index contributed by atoms with van der Waals surface area (Å²) in [6.07, 6.45) is 4.49. The Morgan fingerprint density at radius 1 is 1.30 bits per heavy atom. The summed E-state index contributed by atoms with van der Waals surface area (Å²) in [6.45, 7) is 0. The Bertz CT molecular complexity index is 1050. The average molecular weight is 361 g/mol. The fourth-order valence-electron chi connectivity index (χ4n) is 2.55. The summed E-state index contributed by atoms with van der Waals surface area (Å²) in [4.78, 5) is 28.3. The number of hydrogen-bond donors (Lipinski definition) is 2. The summed E-state index contributed by atoms with van der Waals surface area (Å²) in [5.41, 5.74) is 7.59. The molecule has 0 saturated heterocycles. The van der Waals surface area contributed by atoms with Gasteiger partial charge in [-0.15, -0.1) is 0 Å². The summed E-state index contributed by atoms with van der Waals surface area (Å²) in [6, 6.07) is 12.0. The van der Waals surface area contributed by atoms with Crippen LogP contribution < -0.4 is 11.1 Å². The van der Waals surface area contributed by atoms with Gasteiger partial charge in [0.1, 0.15) is 6.07 Å². The zero-order valence-electron chi connectivity index (χ0n) is 14.3. The van der Waals surface area contributed by atoms with E-state index < -0.39 is 5.97 Å². The number of hydrogen-bond acceptors (Lipinski definition) is 6. The molecule has 0 spiro atoms. The van der Waals surface area contributed by atoms with Crippen molar-refractivity contribution in [3.05, 3.63) is 71.8 Å². The van der Waals surface area contributed by atoms with Crippen LogP contribution in [0.4, 0.5) is 11.4 Å². The van der Waals surface area contributed by atoms with Gasteiger partial charge in [0.25, 0.3) is 5.91 Å². The van der Waals surface area contributed by atoms with Gasteiger partial charge in [-0.1, -0.05) is 6.07 Å². The van der Waals surface area contributed by atoms with Gasteiger partial charge in [-0.05, 0) is 30.3 Å². The summed E-state index contributed by atoms with van der Waals surface area (Å²) in [5, 5.41) is 12.0. The first-order valence-electron chi connectivity index (χ1n) is 7.86. The Labute approximate surface area is 154 Å². The normalized spacial score (nSPS) is 10.1. The number of nitriles is 1. The number of pyridine rings is 1. The molecule has 8 nitrogen and oxygen atoms in total. The highest BCUT2D eigenvalue weighted by molar-refractivity contribution is 6.04. The van der Waals surface area contributed by atoms with Crippen LogP contribution in [-0.4, -0.2) is 28.5 Å². The van der Waals surface area contributed by atoms with Crippen molar-refractivity contribution in [2.24, 2.45) is 0 Å². The number of rotatable bonds is 4. The lowest BCUT2D eigenvalue weighted by molar-refractivity contribution is 0.0593. The SMILES string of the molecule is COC(=O)c1c(N)c(C#N)cn1-c1cccc(NC(=O)c2cccnc2)c1. The van der Waals surface area contributed by atoms with Crippen LogP contribution in [0.5, 0.6) is 0 Å². The number of nitrogen functional groups attached to an aromatic ring is 1. The van der Waals surface area contributed by atoms with Crippen LogP contribution in [0.15, 0.2) is 55.0 Å². The number of aromatic nitrogens is 2. The molecule has 2 aromatic heterocycles. The molecule has 8 heteroatoms. The van der Waals surface area contributed by atoms with Crippen LogP contribution >= 0.6 is 0 Å². The molecule has 0 bridgehead atoms. The van der Waals surface area contributed by atoms with Gasteiger partial charge in [0.2, 0.25) is 0 Å². The number of carbonyl (C=O) groups excluding carboxylic acids is 2. The van der Waals surface area contributed by atoms with Crippen molar-refractivity contribution in [2.75, 3.05) is 18.2 Å². The lowest BCUT2D eigenvalue weighted by Crippen LogP contribution is -2.13. The molecule has 0 aliphatic rings. The maximum Gasteiger partial charge on any atom is 0.357 e. The summed E-state index contributed by atoms with van der Waals surface area (Å²) in [7, 11) is 1.23. The minimum Gasteiger partial charge on any atom is -0.464 e. The van der Waals surface area contributed by atoms with E-state index in [2.05, 4.69) is 10.3 Å². The van der Waals surface area contributed by atoms with Crippen LogP contribution in [-0.2, 0) is 4.74 Å². The van der Waals surface area contributed by atoms with E-state index >= 15 is 0 Å². The first-order chi connectivity index (χ1) is 13.0. The van der Waals surface area contributed by atoms with Crippen molar-refractivity contribution in [1.82, 2.24) is 9.55 Å². The zero-order chi connectivity index (χ0) is 19.4. The molecule has 2 heterocycles. The van der Waals surface area contributed by atoms with Crippen molar-refractivity contribution in [3.63, 3.8) is 0 Å². The number of carbonyl (C=O) groups is 2. The predicted octanol–water partition coefficient (Wildman–Crippen LogP) is 2.37. The Balaban J connectivity index is 1.98. The van der Waals surface area contributed by atoms with E-state index in [1.165, 1.54) is 24.1 Å². The number of nitrogens with one attached hydrogen (secondary N) is 1.